The molecule has 0 spiro atoms. The highest BCUT2D eigenvalue weighted by molar-refractivity contribution is 6.05. The molecule has 0 aliphatic carbocycles. The maximum absolute atomic E-state index is 5.84. The molecule has 0 aliphatic rings. The molecule has 1 N–H and O–H groups in total. The third kappa shape index (κ3) is 3.97. The van der Waals surface area contributed by atoms with Crippen LogP contribution in [-0.2, 0) is 4.74 Å². The van der Waals surface area contributed by atoms with Crippen molar-refractivity contribution in [3.63, 3.8) is 0 Å². The Bertz CT molecular complexity index is 1470. The minimum absolute atomic E-state index is 0.0786. The van der Waals surface area contributed by atoms with E-state index in [0.29, 0.717) is 18.9 Å². The van der Waals surface area contributed by atoms with Crippen LogP contribution in [0.3, 0.4) is 0 Å². The minimum Gasteiger partial charge on any atom is -0.496 e. The molecule has 9 heteroatoms. The van der Waals surface area contributed by atoms with Gasteiger partial charge in [0.2, 0.25) is 5.95 Å². The van der Waals surface area contributed by atoms with Crippen molar-refractivity contribution >= 4 is 27.9 Å². The first kappa shape index (κ1) is 22.8. The van der Waals surface area contributed by atoms with E-state index < -0.39 is 0 Å². The average Bonchev–Trinajstić information content (AvgIpc) is 3.42. The summed E-state index contributed by atoms with van der Waals surface area (Å²) in [5, 5.41) is 8.47. The van der Waals surface area contributed by atoms with Crippen LogP contribution in [0.5, 0.6) is 5.75 Å². The van der Waals surface area contributed by atoms with Crippen LogP contribution in [0.2, 0.25) is 0 Å². The number of nitrogens with one attached hydrogen (secondary N) is 1. The zero-order valence-electron chi connectivity index (χ0n) is 20.5. The van der Waals surface area contributed by atoms with E-state index in [-0.39, 0.29) is 6.04 Å². The van der Waals surface area contributed by atoms with E-state index in [1.165, 1.54) is 0 Å². The van der Waals surface area contributed by atoms with E-state index in [1.54, 1.807) is 14.2 Å². The highest BCUT2D eigenvalue weighted by Crippen LogP contribution is 2.40. The van der Waals surface area contributed by atoms with E-state index in [2.05, 4.69) is 26.9 Å². The lowest BCUT2D eigenvalue weighted by atomic mass is 10.0. The van der Waals surface area contributed by atoms with Crippen molar-refractivity contribution in [1.82, 2.24) is 24.7 Å². The fraction of sp³-hybridized carbons (Fsp3) is 0.308. The van der Waals surface area contributed by atoms with Crippen LogP contribution in [0.15, 0.2) is 47.2 Å². The van der Waals surface area contributed by atoms with Crippen LogP contribution >= 0.6 is 0 Å². The SMILES string of the molecule is COCCNc1nc2cnc3cc(-c4c(C)noc4C)c(OC)cc3c2n1C(C)c1ccccn1. The van der Waals surface area contributed by atoms with Gasteiger partial charge in [0.1, 0.15) is 17.0 Å². The molecule has 5 rings (SSSR count). The van der Waals surface area contributed by atoms with Gasteiger partial charge in [-0.2, -0.15) is 0 Å². The summed E-state index contributed by atoms with van der Waals surface area (Å²) >= 11 is 0. The summed E-state index contributed by atoms with van der Waals surface area (Å²) in [5.41, 5.74) is 6.12. The normalized spacial score (nSPS) is 12.4. The number of anilines is 1. The molecule has 0 radical (unpaired) electrons. The molecule has 1 unspecified atom stereocenters. The van der Waals surface area contributed by atoms with Crippen molar-refractivity contribution in [3.8, 4) is 16.9 Å². The standard InChI is InChI=1S/C26H28N6O3/c1-15-24(17(3)35-31-15)19-12-21-18(13-23(19)34-5)25-22(14-29-21)30-26(28-10-11-33-4)32(25)16(2)20-8-6-7-9-27-20/h6-9,12-14,16H,10-11H2,1-5H3,(H,28,30). The summed E-state index contributed by atoms with van der Waals surface area (Å²) in [6.45, 7) is 7.13. The van der Waals surface area contributed by atoms with Crippen molar-refractivity contribution in [3.05, 3.63) is 59.9 Å². The fourth-order valence-corrected chi connectivity index (χ4v) is 4.56. The molecule has 4 aromatic heterocycles. The first-order valence-electron chi connectivity index (χ1n) is 11.5. The molecule has 35 heavy (non-hydrogen) atoms. The first-order chi connectivity index (χ1) is 17.0. The highest BCUT2D eigenvalue weighted by Gasteiger charge is 2.23. The van der Waals surface area contributed by atoms with Gasteiger partial charge in [0, 0.05) is 30.8 Å². The van der Waals surface area contributed by atoms with Crippen LogP contribution in [0.25, 0.3) is 33.1 Å². The molecule has 0 amide bonds. The third-order valence-corrected chi connectivity index (χ3v) is 6.23. The number of benzene rings is 1. The van der Waals surface area contributed by atoms with E-state index in [1.807, 2.05) is 56.6 Å². The van der Waals surface area contributed by atoms with Crippen molar-refractivity contribution in [2.24, 2.45) is 0 Å². The Hall–Kier alpha value is -3.98. The van der Waals surface area contributed by atoms with Crippen molar-refractivity contribution < 1.29 is 14.0 Å². The smallest absolute Gasteiger partial charge is 0.204 e. The van der Waals surface area contributed by atoms with E-state index in [9.17, 15) is 0 Å². The number of rotatable bonds is 8. The lowest BCUT2D eigenvalue weighted by molar-refractivity contribution is 0.210. The Morgan fingerprint density at radius 1 is 1.11 bits per heavy atom. The van der Waals surface area contributed by atoms with Crippen LogP contribution in [0, 0.1) is 13.8 Å². The number of imidazole rings is 1. The molecule has 180 valence electrons. The van der Waals surface area contributed by atoms with Gasteiger partial charge in [-0.1, -0.05) is 11.2 Å². The highest BCUT2D eigenvalue weighted by atomic mass is 16.5. The van der Waals surface area contributed by atoms with Gasteiger partial charge in [0.05, 0.1) is 53.9 Å². The molecule has 0 saturated carbocycles. The van der Waals surface area contributed by atoms with Crippen LogP contribution in [0.4, 0.5) is 5.95 Å². The van der Waals surface area contributed by atoms with Crippen molar-refractivity contribution in [2.75, 3.05) is 32.7 Å². The fourth-order valence-electron chi connectivity index (χ4n) is 4.56. The summed E-state index contributed by atoms with van der Waals surface area (Å²) < 4.78 is 18.7. The lowest BCUT2D eigenvalue weighted by Crippen LogP contribution is -2.16. The molecule has 1 atom stereocenters. The Balaban J connectivity index is 1.77. The Kier molecular flexibility index (Phi) is 6.08. The minimum atomic E-state index is -0.0786. The van der Waals surface area contributed by atoms with Gasteiger partial charge >= 0.3 is 0 Å². The predicted octanol–water partition coefficient (Wildman–Crippen LogP) is 4.93. The lowest BCUT2D eigenvalue weighted by Gasteiger charge is -2.19. The monoisotopic (exact) mass is 472 g/mol. The number of nitrogens with zero attached hydrogens (tertiary/aromatic N) is 5. The number of aromatic nitrogens is 5. The van der Waals surface area contributed by atoms with Crippen molar-refractivity contribution in [1.29, 1.82) is 0 Å². The van der Waals surface area contributed by atoms with E-state index in [0.717, 1.165) is 56.2 Å². The third-order valence-electron chi connectivity index (χ3n) is 6.23. The Morgan fingerprint density at radius 2 is 1.97 bits per heavy atom. The number of pyridine rings is 2. The quantitative estimate of drug-likeness (QED) is 0.317. The number of hydrogen-bond donors (Lipinski definition) is 1. The molecule has 4 heterocycles. The van der Waals surface area contributed by atoms with Gasteiger partial charge in [-0.15, -0.1) is 0 Å². The molecular formula is C26H28N6O3. The van der Waals surface area contributed by atoms with Crippen molar-refractivity contribution in [2.45, 2.75) is 26.8 Å². The number of fused-ring (bicyclic) bond motifs is 3. The van der Waals surface area contributed by atoms with Gasteiger partial charge in [0.25, 0.3) is 0 Å². The first-order valence-corrected chi connectivity index (χ1v) is 11.5. The van der Waals surface area contributed by atoms with Gasteiger partial charge in [-0.25, -0.2) is 4.98 Å². The summed E-state index contributed by atoms with van der Waals surface area (Å²) in [4.78, 5) is 14.2. The Labute approximate surface area is 203 Å². The van der Waals surface area contributed by atoms with Gasteiger partial charge in [-0.05, 0) is 45.0 Å². The predicted molar refractivity (Wildman–Crippen MR) is 135 cm³/mol. The summed E-state index contributed by atoms with van der Waals surface area (Å²) in [6.07, 6.45) is 3.62. The Morgan fingerprint density at radius 3 is 2.66 bits per heavy atom. The number of methoxy groups -OCH3 is 2. The molecule has 5 aromatic rings. The molecule has 0 aliphatic heterocycles. The second-order valence-corrected chi connectivity index (χ2v) is 8.42. The zero-order valence-corrected chi connectivity index (χ0v) is 20.5. The summed E-state index contributed by atoms with van der Waals surface area (Å²) in [7, 11) is 3.35. The molecule has 0 bridgehead atoms. The van der Waals surface area contributed by atoms with Gasteiger partial charge < -0.3 is 23.9 Å². The molecular weight excluding hydrogens is 444 g/mol. The van der Waals surface area contributed by atoms with Crippen LogP contribution < -0.4 is 10.1 Å². The number of aryl methyl sites for hydroxylation is 2. The zero-order chi connectivity index (χ0) is 24.5. The molecule has 1 aromatic carbocycles. The van der Waals surface area contributed by atoms with Crippen LogP contribution in [0.1, 0.15) is 30.1 Å². The largest absolute Gasteiger partial charge is 0.496 e. The second kappa shape index (κ2) is 9.34. The summed E-state index contributed by atoms with van der Waals surface area (Å²) in [6, 6.07) is 9.91. The molecule has 0 fully saturated rings. The van der Waals surface area contributed by atoms with E-state index >= 15 is 0 Å². The van der Waals surface area contributed by atoms with Gasteiger partial charge in [-0.3, -0.25) is 9.97 Å². The second-order valence-electron chi connectivity index (χ2n) is 8.42. The van der Waals surface area contributed by atoms with E-state index in [4.69, 9.17) is 24.0 Å². The van der Waals surface area contributed by atoms with Gasteiger partial charge in [0.15, 0.2) is 0 Å². The molecule has 9 nitrogen and oxygen atoms in total. The maximum atomic E-state index is 5.84. The maximum Gasteiger partial charge on any atom is 0.204 e. The van der Waals surface area contributed by atoms with Crippen LogP contribution in [-0.4, -0.2) is 52.0 Å². The topological polar surface area (TPSA) is 100 Å². The number of ether oxygens (including phenoxy) is 2. The number of hydrogen-bond acceptors (Lipinski definition) is 8. The summed E-state index contributed by atoms with van der Waals surface area (Å²) in [5.74, 6) is 2.19. The average molecular weight is 473 g/mol. The molecule has 0 saturated heterocycles.